The molecule has 0 aliphatic heterocycles. The average Bonchev–Trinajstić information content (AvgIpc) is 2.40. The molecule has 3 heteroatoms. The molecule has 19 heavy (non-hydrogen) atoms. The first-order valence-corrected chi connectivity index (χ1v) is 7.19. The lowest BCUT2D eigenvalue weighted by Gasteiger charge is -2.34. The first-order chi connectivity index (χ1) is 9.00. The molecule has 108 valence electrons. The lowest BCUT2D eigenvalue weighted by Crippen LogP contribution is -2.50. The molecule has 3 nitrogen and oxygen atoms in total. The molecule has 0 radical (unpaired) electrons. The average molecular weight is 264 g/mol. The van der Waals surface area contributed by atoms with Crippen LogP contribution in [-0.4, -0.2) is 36.4 Å². The predicted molar refractivity (Wildman–Crippen MR) is 82.7 cm³/mol. The van der Waals surface area contributed by atoms with Crippen molar-refractivity contribution >= 4 is 5.69 Å². The van der Waals surface area contributed by atoms with E-state index in [0.717, 1.165) is 19.5 Å². The number of para-hydroxylation sites is 1. The number of hydrogen-bond donors (Lipinski definition) is 2. The highest BCUT2D eigenvalue weighted by molar-refractivity contribution is 5.45. The Labute approximate surface area is 117 Å². The van der Waals surface area contributed by atoms with Crippen LogP contribution in [0, 0.1) is 0 Å². The van der Waals surface area contributed by atoms with Crippen molar-refractivity contribution < 1.29 is 5.11 Å². The molecule has 1 atom stereocenters. The smallest absolute Gasteiger partial charge is 0.0611 e. The lowest BCUT2D eigenvalue weighted by atomic mass is 9.97. The second kappa shape index (κ2) is 7.51. The zero-order valence-corrected chi connectivity index (χ0v) is 12.7. The van der Waals surface area contributed by atoms with E-state index in [-0.39, 0.29) is 12.1 Å². The summed E-state index contributed by atoms with van der Waals surface area (Å²) in [6.07, 6.45) is 0.921. The monoisotopic (exact) mass is 264 g/mol. The topological polar surface area (TPSA) is 35.5 Å². The van der Waals surface area contributed by atoms with E-state index in [2.05, 4.69) is 62.2 Å². The van der Waals surface area contributed by atoms with Crippen molar-refractivity contribution in [2.45, 2.75) is 45.7 Å². The van der Waals surface area contributed by atoms with Gasteiger partial charge in [0.05, 0.1) is 6.61 Å². The van der Waals surface area contributed by atoms with Gasteiger partial charge in [0.25, 0.3) is 0 Å². The molecule has 0 heterocycles. The number of nitrogens with one attached hydrogen (secondary N) is 1. The van der Waals surface area contributed by atoms with Crippen molar-refractivity contribution in [2.75, 3.05) is 24.6 Å². The van der Waals surface area contributed by atoms with E-state index in [1.165, 1.54) is 5.69 Å². The minimum Gasteiger partial charge on any atom is -0.394 e. The quantitative estimate of drug-likeness (QED) is 0.758. The van der Waals surface area contributed by atoms with Crippen LogP contribution in [0.4, 0.5) is 5.69 Å². The number of aliphatic hydroxyl groups is 1. The van der Waals surface area contributed by atoms with Gasteiger partial charge in [-0.3, -0.25) is 0 Å². The van der Waals surface area contributed by atoms with E-state index in [9.17, 15) is 5.11 Å². The molecular weight excluding hydrogens is 236 g/mol. The normalized spacial score (nSPS) is 14.4. The minimum atomic E-state index is -0.212. The van der Waals surface area contributed by atoms with Crippen LogP contribution >= 0.6 is 0 Å². The van der Waals surface area contributed by atoms with E-state index >= 15 is 0 Å². The van der Waals surface area contributed by atoms with Crippen LogP contribution in [0.5, 0.6) is 0 Å². The van der Waals surface area contributed by atoms with Crippen LogP contribution in [0.15, 0.2) is 30.3 Å². The predicted octanol–water partition coefficient (Wildman–Crippen LogP) is 2.65. The molecule has 0 bridgehead atoms. The van der Waals surface area contributed by atoms with Gasteiger partial charge in [-0.15, -0.1) is 0 Å². The van der Waals surface area contributed by atoms with Crippen molar-refractivity contribution in [3.05, 3.63) is 30.3 Å². The Kier molecular flexibility index (Phi) is 6.32. The summed E-state index contributed by atoms with van der Waals surface area (Å²) in [6, 6.07) is 10.8. The molecule has 0 saturated heterocycles. The summed E-state index contributed by atoms with van der Waals surface area (Å²) in [5.74, 6) is 0. The highest BCUT2D eigenvalue weighted by Gasteiger charge is 2.24. The molecule has 0 aromatic heterocycles. The summed E-state index contributed by atoms with van der Waals surface area (Å²) in [5, 5.41) is 13.1. The number of nitrogens with zero attached hydrogens (tertiary/aromatic N) is 1. The number of hydrogen-bond acceptors (Lipinski definition) is 3. The Morgan fingerprint density at radius 2 is 1.89 bits per heavy atom. The summed E-state index contributed by atoms with van der Waals surface area (Å²) in [4.78, 5) is 2.34. The Morgan fingerprint density at radius 3 is 2.37 bits per heavy atom. The molecule has 0 fully saturated rings. The maximum absolute atomic E-state index is 9.61. The zero-order chi connectivity index (χ0) is 14.3. The Hall–Kier alpha value is -1.06. The standard InChI is InChI=1S/C16H28N2O/c1-5-18(15-9-7-6-8-10-15)12-11-16(4,13-19)17-14(2)3/h6-10,14,17,19H,5,11-13H2,1-4H3. The van der Waals surface area contributed by atoms with Gasteiger partial charge in [-0.05, 0) is 32.4 Å². The Balaban J connectivity index is 2.62. The molecule has 0 aliphatic carbocycles. The number of rotatable bonds is 8. The maximum Gasteiger partial charge on any atom is 0.0611 e. The molecule has 0 saturated carbocycles. The molecular formula is C16H28N2O. The summed E-state index contributed by atoms with van der Waals surface area (Å²) >= 11 is 0. The highest BCUT2D eigenvalue weighted by atomic mass is 16.3. The third kappa shape index (κ3) is 5.21. The van der Waals surface area contributed by atoms with Crippen LogP contribution in [0.1, 0.15) is 34.1 Å². The lowest BCUT2D eigenvalue weighted by molar-refractivity contribution is 0.158. The summed E-state index contributed by atoms with van der Waals surface area (Å²) in [7, 11) is 0. The van der Waals surface area contributed by atoms with Crippen molar-refractivity contribution in [1.82, 2.24) is 5.32 Å². The van der Waals surface area contributed by atoms with Gasteiger partial charge in [-0.2, -0.15) is 0 Å². The Bertz CT molecular complexity index is 353. The molecule has 2 N–H and O–H groups in total. The fourth-order valence-electron chi connectivity index (χ4n) is 2.38. The van der Waals surface area contributed by atoms with Gasteiger partial charge in [0.2, 0.25) is 0 Å². The second-order valence-electron chi connectivity index (χ2n) is 5.68. The summed E-state index contributed by atoms with van der Waals surface area (Å²) in [5.41, 5.74) is 1.03. The van der Waals surface area contributed by atoms with E-state index in [1.54, 1.807) is 0 Å². The van der Waals surface area contributed by atoms with E-state index in [1.807, 2.05) is 6.07 Å². The maximum atomic E-state index is 9.61. The zero-order valence-electron chi connectivity index (χ0n) is 12.7. The van der Waals surface area contributed by atoms with Gasteiger partial charge in [0, 0.05) is 30.4 Å². The molecule has 1 aromatic carbocycles. The van der Waals surface area contributed by atoms with Gasteiger partial charge in [-0.25, -0.2) is 0 Å². The van der Waals surface area contributed by atoms with Gasteiger partial charge >= 0.3 is 0 Å². The van der Waals surface area contributed by atoms with Crippen LogP contribution in [0.25, 0.3) is 0 Å². The summed E-state index contributed by atoms with van der Waals surface area (Å²) < 4.78 is 0. The van der Waals surface area contributed by atoms with Gasteiger partial charge < -0.3 is 15.3 Å². The van der Waals surface area contributed by atoms with Gasteiger partial charge in [0.1, 0.15) is 0 Å². The summed E-state index contributed by atoms with van der Waals surface area (Å²) in [6.45, 7) is 10.6. The van der Waals surface area contributed by atoms with Gasteiger partial charge in [0.15, 0.2) is 0 Å². The fraction of sp³-hybridized carbons (Fsp3) is 0.625. The van der Waals surface area contributed by atoms with Crippen LogP contribution in [0.3, 0.4) is 0 Å². The van der Waals surface area contributed by atoms with Gasteiger partial charge in [-0.1, -0.05) is 32.0 Å². The first-order valence-electron chi connectivity index (χ1n) is 7.19. The van der Waals surface area contributed by atoms with Crippen molar-refractivity contribution in [1.29, 1.82) is 0 Å². The molecule has 1 rings (SSSR count). The van der Waals surface area contributed by atoms with Crippen molar-refractivity contribution in [3.63, 3.8) is 0 Å². The van der Waals surface area contributed by atoms with Crippen LogP contribution < -0.4 is 10.2 Å². The van der Waals surface area contributed by atoms with Crippen molar-refractivity contribution in [3.8, 4) is 0 Å². The Morgan fingerprint density at radius 1 is 1.26 bits per heavy atom. The van der Waals surface area contributed by atoms with Crippen LogP contribution in [-0.2, 0) is 0 Å². The fourth-order valence-corrected chi connectivity index (χ4v) is 2.38. The third-order valence-corrected chi connectivity index (χ3v) is 3.42. The molecule has 0 aliphatic rings. The van der Waals surface area contributed by atoms with E-state index in [4.69, 9.17) is 0 Å². The SMILES string of the molecule is CCN(CCC(C)(CO)NC(C)C)c1ccccc1. The molecule has 0 spiro atoms. The number of benzene rings is 1. The molecule has 1 unspecified atom stereocenters. The van der Waals surface area contributed by atoms with Crippen LogP contribution in [0.2, 0.25) is 0 Å². The van der Waals surface area contributed by atoms with E-state index < -0.39 is 0 Å². The molecule has 1 aromatic rings. The highest BCUT2D eigenvalue weighted by Crippen LogP contribution is 2.17. The third-order valence-electron chi connectivity index (χ3n) is 3.42. The number of anilines is 1. The first kappa shape index (κ1) is 16.0. The van der Waals surface area contributed by atoms with Crippen molar-refractivity contribution in [2.24, 2.45) is 0 Å². The second-order valence-corrected chi connectivity index (χ2v) is 5.68. The largest absolute Gasteiger partial charge is 0.394 e. The minimum absolute atomic E-state index is 0.164. The van der Waals surface area contributed by atoms with E-state index in [0.29, 0.717) is 6.04 Å². The molecule has 0 amide bonds. The number of aliphatic hydroxyl groups excluding tert-OH is 1.